The first-order valence-electron chi connectivity index (χ1n) is 7.43. The number of carbonyl (C=O) groups excluding carboxylic acids is 1. The second-order valence-electron chi connectivity index (χ2n) is 5.34. The summed E-state index contributed by atoms with van der Waals surface area (Å²) in [7, 11) is -1.06. The maximum atomic E-state index is 13.9. The average Bonchev–Trinajstić information content (AvgIpc) is 2.59. The standard InChI is InChI=1S/C18H18FNO4S/c1-20(2)25(22,23)15-10-11-17(19)16(13-15)18(21)24-12-6-9-14-7-4-3-5-8-14/h3-11,13H,12H2,1-2H3/b9-6+. The largest absolute Gasteiger partial charge is 0.458 e. The number of ether oxygens (including phenoxy) is 1. The van der Waals surface area contributed by atoms with Gasteiger partial charge in [0.25, 0.3) is 0 Å². The second-order valence-corrected chi connectivity index (χ2v) is 7.49. The highest BCUT2D eigenvalue weighted by atomic mass is 32.2. The smallest absolute Gasteiger partial charge is 0.341 e. The topological polar surface area (TPSA) is 63.7 Å². The number of halogens is 1. The maximum absolute atomic E-state index is 13.9. The molecule has 0 aromatic heterocycles. The third kappa shape index (κ3) is 4.74. The van der Waals surface area contributed by atoms with Crippen LogP contribution < -0.4 is 0 Å². The molecule has 2 aromatic carbocycles. The van der Waals surface area contributed by atoms with Crippen LogP contribution in [0.3, 0.4) is 0 Å². The van der Waals surface area contributed by atoms with E-state index in [4.69, 9.17) is 4.74 Å². The summed E-state index contributed by atoms with van der Waals surface area (Å²) in [5, 5.41) is 0. The molecule has 7 heteroatoms. The maximum Gasteiger partial charge on any atom is 0.341 e. The molecule has 0 fully saturated rings. The molecule has 0 unspecified atom stereocenters. The lowest BCUT2D eigenvalue weighted by Crippen LogP contribution is -2.22. The van der Waals surface area contributed by atoms with Gasteiger partial charge in [-0.2, -0.15) is 0 Å². The number of esters is 1. The number of carbonyl (C=O) groups is 1. The van der Waals surface area contributed by atoms with Gasteiger partial charge in [-0.05, 0) is 29.8 Å². The number of hydrogen-bond donors (Lipinski definition) is 0. The van der Waals surface area contributed by atoms with Gasteiger partial charge in [-0.25, -0.2) is 21.9 Å². The van der Waals surface area contributed by atoms with Gasteiger partial charge in [0, 0.05) is 14.1 Å². The summed E-state index contributed by atoms with van der Waals surface area (Å²) in [4.78, 5) is 11.8. The van der Waals surface area contributed by atoms with E-state index in [9.17, 15) is 17.6 Å². The zero-order chi connectivity index (χ0) is 18.4. The molecule has 0 aliphatic rings. The van der Waals surface area contributed by atoms with E-state index < -0.39 is 27.4 Å². The van der Waals surface area contributed by atoms with E-state index in [1.807, 2.05) is 30.3 Å². The van der Waals surface area contributed by atoms with Crippen molar-refractivity contribution in [1.82, 2.24) is 4.31 Å². The van der Waals surface area contributed by atoms with Crippen molar-refractivity contribution in [2.45, 2.75) is 4.90 Å². The molecule has 0 radical (unpaired) electrons. The van der Waals surface area contributed by atoms with Gasteiger partial charge in [-0.1, -0.05) is 36.4 Å². The molecule has 0 saturated carbocycles. The quantitative estimate of drug-likeness (QED) is 0.740. The molecule has 0 spiro atoms. The molecule has 2 rings (SSSR count). The molecule has 2 aromatic rings. The first-order chi connectivity index (χ1) is 11.8. The van der Waals surface area contributed by atoms with Crippen LogP contribution in [0.4, 0.5) is 4.39 Å². The van der Waals surface area contributed by atoms with Crippen LogP contribution in [-0.4, -0.2) is 39.4 Å². The average molecular weight is 363 g/mol. The molecule has 0 aliphatic carbocycles. The monoisotopic (exact) mass is 363 g/mol. The first kappa shape index (κ1) is 18.8. The number of nitrogens with zero attached hydrogens (tertiary/aromatic N) is 1. The summed E-state index contributed by atoms with van der Waals surface area (Å²) < 4.78 is 44.0. The Bertz CT molecular complexity index is 877. The van der Waals surface area contributed by atoms with E-state index in [2.05, 4.69) is 0 Å². The van der Waals surface area contributed by atoms with Crippen LogP contribution in [0.1, 0.15) is 15.9 Å². The molecular weight excluding hydrogens is 345 g/mol. The Hall–Kier alpha value is -2.51. The highest BCUT2D eigenvalue weighted by Gasteiger charge is 2.21. The van der Waals surface area contributed by atoms with Crippen molar-refractivity contribution in [1.29, 1.82) is 0 Å². The lowest BCUT2D eigenvalue weighted by Gasteiger charge is -2.12. The van der Waals surface area contributed by atoms with Gasteiger partial charge in [-0.15, -0.1) is 0 Å². The Morgan fingerprint density at radius 2 is 1.84 bits per heavy atom. The number of sulfonamides is 1. The van der Waals surface area contributed by atoms with Crippen LogP contribution >= 0.6 is 0 Å². The van der Waals surface area contributed by atoms with Gasteiger partial charge < -0.3 is 4.74 Å². The van der Waals surface area contributed by atoms with Crippen LogP contribution in [0.15, 0.2) is 59.5 Å². The van der Waals surface area contributed by atoms with E-state index in [1.165, 1.54) is 14.1 Å². The summed E-state index contributed by atoms with van der Waals surface area (Å²) >= 11 is 0. The lowest BCUT2D eigenvalue weighted by atomic mass is 10.2. The Kier molecular flexibility index (Phi) is 6.06. The SMILES string of the molecule is CN(C)S(=O)(=O)c1ccc(F)c(C(=O)OC/C=C/c2ccccc2)c1. The number of rotatable bonds is 6. The zero-order valence-electron chi connectivity index (χ0n) is 13.8. The molecular formula is C18H18FNO4S. The normalized spacial score (nSPS) is 11.8. The number of benzene rings is 2. The summed E-state index contributed by atoms with van der Waals surface area (Å²) in [6.45, 7) is -0.0577. The van der Waals surface area contributed by atoms with E-state index in [0.29, 0.717) is 0 Å². The predicted octanol–water partition coefficient (Wildman–Crippen LogP) is 2.95. The molecule has 0 saturated heterocycles. The fourth-order valence-corrected chi connectivity index (χ4v) is 2.91. The van der Waals surface area contributed by atoms with E-state index >= 15 is 0 Å². The molecule has 25 heavy (non-hydrogen) atoms. The van der Waals surface area contributed by atoms with Crippen molar-refractivity contribution in [2.75, 3.05) is 20.7 Å². The molecule has 0 amide bonds. The van der Waals surface area contributed by atoms with Crippen molar-refractivity contribution in [3.05, 3.63) is 71.6 Å². The molecule has 0 atom stereocenters. The van der Waals surface area contributed by atoms with Gasteiger partial charge in [0.1, 0.15) is 12.4 Å². The zero-order valence-corrected chi connectivity index (χ0v) is 14.7. The lowest BCUT2D eigenvalue weighted by molar-refractivity contribution is 0.0544. The third-order valence-electron chi connectivity index (χ3n) is 3.36. The minimum absolute atomic E-state index is 0.0577. The van der Waals surface area contributed by atoms with Crippen molar-refractivity contribution in [3.8, 4) is 0 Å². The molecule has 5 nitrogen and oxygen atoms in total. The molecule has 132 valence electrons. The highest BCUT2D eigenvalue weighted by Crippen LogP contribution is 2.18. The van der Waals surface area contributed by atoms with Crippen LogP contribution in [0, 0.1) is 5.82 Å². The van der Waals surface area contributed by atoms with E-state index in [1.54, 1.807) is 12.2 Å². The number of hydrogen-bond acceptors (Lipinski definition) is 4. The molecule has 0 bridgehead atoms. The summed E-state index contributed by atoms with van der Waals surface area (Å²) in [5.74, 6) is -1.76. The predicted molar refractivity (Wildman–Crippen MR) is 93.0 cm³/mol. The van der Waals surface area contributed by atoms with Crippen molar-refractivity contribution in [3.63, 3.8) is 0 Å². The fourth-order valence-electron chi connectivity index (χ4n) is 1.98. The summed E-state index contributed by atoms with van der Waals surface area (Å²) in [5.41, 5.74) is 0.514. The Balaban J connectivity index is 2.10. The van der Waals surface area contributed by atoms with Gasteiger partial charge in [0.2, 0.25) is 10.0 Å². The van der Waals surface area contributed by atoms with Gasteiger partial charge in [0.05, 0.1) is 10.5 Å². The Morgan fingerprint density at radius 3 is 2.48 bits per heavy atom. The Labute approximate surface area is 146 Å². The van der Waals surface area contributed by atoms with E-state index in [-0.39, 0.29) is 11.5 Å². The Morgan fingerprint density at radius 1 is 1.16 bits per heavy atom. The van der Waals surface area contributed by atoms with Crippen LogP contribution in [0.2, 0.25) is 0 Å². The van der Waals surface area contributed by atoms with Gasteiger partial charge in [-0.3, -0.25) is 0 Å². The van der Waals surface area contributed by atoms with Crippen LogP contribution in [-0.2, 0) is 14.8 Å². The second kappa shape index (κ2) is 8.04. The van der Waals surface area contributed by atoms with Crippen molar-refractivity contribution in [2.24, 2.45) is 0 Å². The van der Waals surface area contributed by atoms with Gasteiger partial charge in [0.15, 0.2) is 0 Å². The van der Waals surface area contributed by atoms with Crippen LogP contribution in [0.25, 0.3) is 6.08 Å². The third-order valence-corrected chi connectivity index (χ3v) is 5.17. The molecule has 0 aliphatic heterocycles. The van der Waals surface area contributed by atoms with Gasteiger partial charge >= 0.3 is 5.97 Å². The fraction of sp³-hybridized carbons (Fsp3) is 0.167. The minimum Gasteiger partial charge on any atom is -0.458 e. The van der Waals surface area contributed by atoms with Crippen molar-refractivity contribution >= 4 is 22.1 Å². The minimum atomic E-state index is -3.77. The molecule has 0 N–H and O–H groups in total. The summed E-state index contributed by atoms with van der Waals surface area (Å²) in [6, 6.07) is 12.4. The van der Waals surface area contributed by atoms with E-state index in [0.717, 1.165) is 28.1 Å². The van der Waals surface area contributed by atoms with Crippen molar-refractivity contribution < 1.29 is 22.3 Å². The van der Waals surface area contributed by atoms with Crippen LogP contribution in [0.5, 0.6) is 0 Å². The molecule has 0 heterocycles. The highest BCUT2D eigenvalue weighted by molar-refractivity contribution is 7.89. The first-order valence-corrected chi connectivity index (χ1v) is 8.87. The summed E-state index contributed by atoms with van der Waals surface area (Å²) in [6.07, 6.45) is 3.38.